The van der Waals surface area contributed by atoms with E-state index in [2.05, 4.69) is 22.8 Å². The Bertz CT molecular complexity index is 662. The summed E-state index contributed by atoms with van der Waals surface area (Å²) in [5.74, 6) is 0.211. The minimum Gasteiger partial charge on any atom is -0.396 e. The van der Waals surface area contributed by atoms with Crippen LogP contribution in [0, 0.1) is 10.1 Å². The Kier molecular flexibility index (Phi) is 6.72. The SMILES string of the molecule is CNc1ccc(CNCC(CCO)c2ccccc2)cc1[N+](=O)[O-]. The molecule has 1 unspecified atom stereocenters. The van der Waals surface area contributed by atoms with Gasteiger partial charge in [-0.1, -0.05) is 36.4 Å². The lowest BCUT2D eigenvalue weighted by Gasteiger charge is -2.17. The van der Waals surface area contributed by atoms with Gasteiger partial charge in [-0.25, -0.2) is 0 Å². The first-order valence-electron chi connectivity index (χ1n) is 7.97. The molecule has 3 N–H and O–H groups in total. The van der Waals surface area contributed by atoms with Gasteiger partial charge in [0.15, 0.2) is 0 Å². The Morgan fingerprint density at radius 1 is 1.21 bits per heavy atom. The third kappa shape index (κ3) is 4.78. The number of hydrogen-bond donors (Lipinski definition) is 3. The fraction of sp³-hybridized carbons (Fsp3) is 0.333. The van der Waals surface area contributed by atoms with Crippen LogP contribution < -0.4 is 10.6 Å². The molecular formula is C18H23N3O3. The lowest BCUT2D eigenvalue weighted by molar-refractivity contribution is -0.384. The number of aliphatic hydroxyl groups excluding tert-OH is 1. The van der Waals surface area contributed by atoms with Crippen LogP contribution in [-0.4, -0.2) is 30.2 Å². The quantitative estimate of drug-likeness (QED) is 0.486. The number of nitrogens with zero attached hydrogens (tertiary/aromatic N) is 1. The number of aliphatic hydroxyl groups is 1. The third-order valence-corrected chi connectivity index (χ3v) is 4.00. The monoisotopic (exact) mass is 329 g/mol. The van der Waals surface area contributed by atoms with Crippen molar-refractivity contribution in [3.8, 4) is 0 Å². The van der Waals surface area contributed by atoms with Gasteiger partial charge in [-0.05, 0) is 29.5 Å². The highest BCUT2D eigenvalue weighted by Gasteiger charge is 2.14. The topological polar surface area (TPSA) is 87.4 Å². The zero-order valence-electron chi connectivity index (χ0n) is 13.7. The summed E-state index contributed by atoms with van der Waals surface area (Å²) in [4.78, 5) is 10.7. The molecule has 0 radical (unpaired) electrons. The van der Waals surface area contributed by atoms with Gasteiger partial charge in [0.2, 0.25) is 0 Å². The van der Waals surface area contributed by atoms with Crippen LogP contribution in [0.25, 0.3) is 0 Å². The molecule has 0 amide bonds. The maximum atomic E-state index is 11.1. The number of nitro benzene ring substituents is 1. The highest BCUT2D eigenvalue weighted by molar-refractivity contribution is 5.62. The molecule has 24 heavy (non-hydrogen) atoms. The van der Waals surface area contributed by atoms with Gasteiger partial charge >= 0.3 is 0 Å². The van der Waals surface area contributed by atoms with E-state index in [-0.39, 0.29) is 23.1 Å². The summed E-state index contributed by atoms with van der Waals surface area (Å²) in [6, 6.07) is 15.2. The van der Waals surface area contributed by atoms with E-state index in [1.54, 1.807) is 19.2 Å². The van der Waals surface area contributed by atoms with Crippen LogP contribution in [0.5, 0.6) is 0 Å². The second-order valence-corrected chi connectivity index (χ2v) is 5.61. The van der Waals surface area contributed by atoms with E-state index in [9.17, 15) is 15.2 Å². The predicted molar refractivity (Wildman–Crippen MR) is 95.2 cm³/mol. The number of nitrogens with one attached hydrogen (secondary N) is 2. The summed E-state index contributed by atoms with van der Waals surface area (Å²) in [7, 11) is 1.67. The van der Waals surface area contributed by atoms with E-state index in [0.717, 1.165) is 5.56 Å². The second-order valence-electron chi connectivity index (χ2n) is 5.61. The molecule has 0 bridgehead atoms. The van der Waals surface area contributed by atoms with Crippen LogP contribution >= 0.6 is 0 Å². The van der Waals surface area contributed by atoms with Crippen LogP contribution in [0.1, 0.15) is 23.5 Å². The highest BCUT2D eigenvalue weighted by Crippen LogP contribution is 2.25. The molecule has 0 saturated carbocycles. The third-order valence-electron chi connectivity index (χ3n) is 4.00. The molecule has 0 aromatic heterocycles. The molecule has 6 heteroatoms. The van der Waals surface area contributed by atoms with Gasteiger partial charge in [0, 0.05) is 32.8 Å². The van der Waals surface area contributed by atoms with Crippen molar-refractivity contribution < 1.29 is 10.0 Å². The highest BCUT2D eigenvalue weighted by atomic mass is 16.6. The van der Waals surface area contributed by atoms with Gasteiger partial charge in [0.1, 0.15) is 5.69 Å². The van der Waals surface area contributed by atoms with Gasteiger partial charge in [-0.2, -0.15) is 0 Å². The van der Waals surface area contributed by atoms with Gasteiger partial charge in [0.05, 0.1) is 4.92 Å². The van der Waals surface area contributed by atoms with Crippen molar-refractivity contribution in [2.45, 2.75) is 18.9 Å². The Hall–Kier alpha value is -2.44. The van der Waals surface area contributed by atoms with Crippen LogP contribution in [0.4, 0.5) is 11.4 Å². The summed E-state index contributed by atoms with van der Waals surface area (Å²) in [5.41, 5.74) is 2.62. The zero-order valence-corrected chi connectivity index (χ0v) is 13.7. The summed E-state index contributed by atoms with van der Waals surface area (Å²) in [6.45, 7) is 1.37. The first-order valence-corrected chi connectivity index (χ1v) is 7.97. The lowest BCUT2D eigenvalue weighted by atomic mass is 9.96. The van der Waals surface area contributed by atoms with Crippen molar-refractivity contribution in [3.63, 3.8) is 0 Å². The average molecular weight is 329 g/mol. The standard InChI is InChI=1S/C18H23N3O3/c1-19-17-8-7-14(11-18(17)21(23)24)12-20-13-16(9-10-22)15-5-3-2-4-6-15/h2-8,11,16,19-20,22H,9-10,12-13H2,1H3. The Morgan fingerprint density at radius 2 is 1.96 bits per heavy atom. The van der Waals surface area contributed by atoms with Gasteiger partial charge in [-0.15, -0.1) is 0 Å². The molecule has 2 aromatic carbocycles. The van der Waals surface area contributed by atoms with Crippen molar-refractivity contribution in [3.05, 3.63) is 69.8 Å². The van der Waals surface area contributed by atoms with E-state index in [1.807, 2.05) is 24.3 Å². The van der Waals surface area contributed by atoms with Crippen molar-refractivity contribution in [1.82, 2.24) is 5.32 Å². The summed E-state index contributed by atoms with van der Waals surface area (Å²) < 4.78 is 0. The predicted octanol–water partition coefficient (Wildman–Crippen LogP) is 2.89. The first kappa shape index (κ1) is 17.9. The molecule has 0 aliphatic rings. The second kappa shape index (κ2) is 9.00. The molecule has 2 rings (SSSR count). The van der Waals surface area contributed by atoms with Crippen molar-refractivity contribution in [2.24, 2.45) is 0 Å². The Balaban J connectivity index is 1.99. The molecule has 6 nitrogen and oxygen atoms in total. The number of nitro groups is 1. The molecule has 0 aliphatic carbocycles. The maximum absolute atomic E-state index is 11.1. The largest absolute Gasteiger partial charge is 0.396 e. The smallest absolute Gasteiger partial charge is 0.292 e. The van der Waals surface area contributed by atoms with Gasteiger partial charge < -0.3 is 15.7 Å². The van der Waals surface area contributed by atoms with Crippen LogP contribution in [0.2, 0.25) is 0 Å². The number of anilines is 1. The van der Waals surface area contributed by atoms with Crippen LogP contribution in [0.3, 0.4) is 0 Å². The van der Waals surface area contributed by atoms with E-state index >= 15 is 0 Å². The normalized spacial score (nSPS) is 11.9. The molecule has 1 atom stereocenters. The fourth-order valence-electron chi connectivity index (χ4n) is 2.71. The van der Waals surface area contributed by atoms with Crippen LogP contribution in [0.15, 0.2) is 48.5 Å². The summed E-state index contributed by atoms with van der Waals surface area (Å²) >= 11 is 0. The molecule has 128 valence electrons. The average Bonchev–Trinajstić information content (AvgIpc) is 2.61. The molecule has 2 aromatic rings. The zero-order chi connectivity index (χ0) is 17.4. The van der Waals surface area contributed by atoms with E-state index < -0.39 is 0 Å². The minimum absolute atomic E-state index is 0.0757. The van der Waals surface area contributed by atoms with E-state index in [1.165, 1.54) is 5.56 Å². The van der Waals surface area contributed by atoms with Crippen molar-refractivity contribution >= 4 is 11.4 Å². The molecule has 0 heterocycles. The molecule has 0 aliphatic heterocycles. The van der Waals surface area contributed by atoms with Crippen molar-refractivity contribution in [2.75, 3.05) is 25.5 Å². The minimum atomic E-state index is -0.381. The first-order chi connectivity index (χ1) is 11.7. The van der Waals surface area contributed by atoms with Crippen LogP contribution in [-0.2, 0) is 6.54 Å². The molecule has 0 fully saturated rings. The fourth-order valence-corrected chi connectivity index (χ4v) is 2.71. The Morgan fingerprint density at radius 3 is 2.58 bits per heavy atom. The summed E-state index contributed by atoms with van der Waals surface area (Å²) in [6.07, 6.45) is 0.676. The molecule has 0 spiro atoms. The summed E-state index contributed by atoms with van der Waals surface area (Å²) in [5, 5.41) is 26.5. The van der Waals surface area contributed by atoms with E-state index in [0.29, 0.717) is 25.2 Å². The van der Waals surface area contributed by atoms with Gasteiger partial charge in [-0.3, -0.25) is 10.1 Å². The number of rotatable bonds is 9. The molecule has 0 saturated heterocycles. The van der Waals surface area contributed by atoms with Crippen molar-refractivity contribution in [1.29, 1.82) is 0 Å². The maximum Gasteiger partial charge on any atom is 0.292 e. The van der Waals surface area contributed by atoms with E-state index in [4.69, 9.17) is 0 Å². The number of benzene rings is 2. The Labute approximate surface area is 141 Å². The molecular weight excluding hydrogens is 306 g/mol. The van der Waals surface area contributed by atoms with Gasteiger partial charge in [0.25, 0.3) is 5.69 Å². The number of hydrogen-bond acceptors (Lipinski definition) is 5. The lowest BCUT2D eigenvalue weighted by Crippen LogP contribution is -2.22.